The van der Waals surface area contributed by atoms with Gasteiger partial charge in [-0.05, 0) is 42.0 Å². The Kier molecular flexibility index (Phi) is 6.79. The van der Waals surface area contributed by atoms with Crippen LogP contribution in [0, 0.1) is 11.6 Å². The Morgan fingerprint density at radius 1 is 1.03 bits per heavy atom. The normalized spacial score (nSPS) is 11.9. The molecule has 3 aromatic rings. The van der Waals surface area contributed by atoms with E-state index >= 15 is 0 Å². The monoisotopic (exact) mass is 491 g/mol. The summed E-state index contributed by atoms with van der Waals surface area (Å²) < 4.78 is 90.1. The molecule has 0 unspecified atom stereocenters. The number of aromatic nitrogens is 1. The molecular formula is C19H14F5N3O3S2. The maximum absolute atomic E-state index is 13.3. The van der Waals surface area contributed by atoms with E-state index in [0.717, 1.165) is 47.7 Å². The number of carbonyl (C=O) groups is 1. The van der Waals surface area contributed by atoms with Crippen LogP contribution in [0.3, 0.4) is 0 Å². The molecule has 0 aliphatic carbocycles. The van der Waals surface area contributed by atoms with Crippen LogP contribution >= 0.6 is 11.3 Å². The van der Waals surface area contributed by atoms with Crippen LogP contribution in [-0.2, 0) is 16.4 Å². The minimum Gasteiger partial charge on any atom is -0.343 e. The van der Waals surface area contributed by atoms with Gasteiger partial charge in [-0.2, -0.15) is 13.2 Å². The molecule has 2 aromatic carbocycles. The standard InChI is InChI=1S/C19H14F5N3O3S2/c20-15-6-1-11(8-16(15)21)7-13-9-25-18(31-13)27-32(29,30)14-4-2-12(3-5-14)17(28)26-10-19(22,23)24/h1-6,8-9H,7,10H2,(H,25,27)(H,26,28). The molecule has 2 N–H and O–H groups in total. The number of rotatable bonds is 7. The maximum atomic E-state index is 13.3. The average Bonchev–Trinajstić information content (AvgIpc) is 3.14. The molecule has 0 saturated heterocycles. The largest absolute Gasteiger partial charge is 0.405 e. The summed E-state index contributed by atoms with van der Waals surface area (Å²) in [7, 11) is -4.09. The van der Waals surface area contributed by atoms with Crippen molar-refractivity contribution in [3.63, 3.8) is 0 Å². The Hall–Kier alpha value is -3.06. The van der Waals surface area contributed by atoms with Gasteiger partial charge in [-0.1, -0.05) is 6.07 Å². The average molecular weight is 491 g/mol. The number of carbonyl (C=O) groups excluding carboxylic acids is 1. The highest BCUT2D eigenvalue weighted by Gasteiger charge is 2.28. The van der Waals surface area contributed by atoms with E-state index in [1.54, 1.807) is 5.32 Å². The first-order valence-electron chi connectivity index (χ1n) is 8.79. The van der Waals surface area contributed by atoms with Crippen LogP contribution in [0.1, 0.15) is 20.8 Å². The lowest BCUT2D eigenvalue weighted by Gasteiger charge is -2.09. The minimum atomic E-state index is -4.57. The summed E-state index contributed by atoms with van der Waals surface area (Å²) in [6, 6.07) is 7.72. The van der Waals surface area contributed by atoms with E-state index in [1.807, 2.05) is 0 Å². The third-order valence-electron chi connectivity index (χ3n) is 4.01. The first-order valence-corrected chi connectivity index (χ1v) is 11.1. The van der Waals surface area contributed by atoms with Gasteiger partial charge in [0.1, 0.15) is 6.54 Å². The van der Waals surface area contributed by atoms with Gasteiger partial charge in [-0.25, -0.2) is 22.2 Å². The van der Waals surface area contributed by atoms with E-state index in [0.29, 0.717) is 10.4 Å². The molecule has 1 heterocycles. The van der Waals surface area contributed by atoms with E-state index in [2.05, 4.69) is 9.71 Å². The maximum Gasteiger partial charge on any atom is 0.405 e. The van der Waals surface area contributed by atoms with Crippen molar-refractivity contribution in [1.82, 2.24) is 10.3 Å². The zero-order valence-corrected chi connectivity index (χ0v) is 17.5. The molecule has 0 bridgehead atoms. The van der Waals surface area contributed by atoms with Crippen molar-refractivity contribution in [1.29, 1.82) is 0 Å². The fourth-order valence-electron chi connectivity index (χ4n) is 2.53. The third kappa shape index (κ3) is 6.23. The molecule has 1 amide bonds. The highest BCUT2D eigenvalue weighted by atomic mass is 32.2. The smallest absolute Gasteiger partial charge is 0.343 e. The first-order chi connectivity index (χ1) is 14.9. The van der Waals surface area contributed by atoms with Gasteiger partial charge in [0, 0.05) is 23.1 Å². The van der Waals surface area contributed by atoms with E-state index in [4.69, 9.17) is 0 Å². The number of hydrogen-bond donors (Lipinski definition) is 2. The Bertz CT molecular complexity index is 1230. The van der Waals surface area contributed by atoms with Crippen molar-refractivity contribution in [3.8, 4) is 0 Å². The van der Waals surface area contributed by atoms with Crippen molar-refractivity contribution >= 4 is 32.4 Å². The van der Waals surface area contributed by atoms with Crippen molar-refractivity contribution in [2.24, 2.45) is 0 Å². The van der Waals surface area contributed by atoms with E-state index in [-0.39, 0.29) is 22.0 Å². The second kappa shape index (κ2) is 9.20. The lowest BCUT2D eigenvalue weighted by molar-refractivity contribution is -0.123. The van der Waals surface area contributed by atoms with Gasteiger partial charge in [0.15, 0.2) is 16.8 Å². The summed E-state index contributed by atoms with van der Waals surface area (Å²) in [5.74, 6) is -2.97. The molecule has 13 heteroatoms. The SMILES string of the molecule is O=C(NCC(F)(F)F)c1ccc(S(=O)(=O)Nc2ncc(Cc3ccc(F)c(F)c3)s2)cc1. The number of sulfonamides is 1. The number of nitrogens with zero attached hydrogens (tertiary/aromatic N) is 1. The van der Waals surface area contributed by atoms with Gasteiger partial charge in [-0.3, -0.25) is 9.52 Å². The molecule has 0 aliphatic rings. The molecule has 1 aromatic heterocycles. The van der Waals surface area contributed by atoms with Crippen LogP contribution in [0.5, 0.6) is 0 Å². The van der Waals surface area contributed by atoms with Gasteiger partial charge in [-0.15, -0.1) is 11.3 Å². The summed E-state index contributed by atoms with van der Waals surface area (Å²) in [4.78, 5) is 16.0. The number of halogens is 5. The molecule has 3 rings (SSSR count). The lowest BCUT2D eigenvalue weighted by atomic mass is 10.1. The summed E-state index contributed by atoms with van der Waals surface area (Å²) in [5, 5.41) is 1.71. The van der Waals surface area contributed by atoms with E-state index in [9.17, 15) is 35.2 Å². The van der Waals surface area contributed by atoms with Gasteiger partial charge in [0.25, 0.3) is 15.9 Å². The summed E-state index contributed by atoms with van der Waals surface area (Å²) in [6.45, 7) is -1.51. The highest BCUT2D eigenvalue weighted by molar-refractivity contribution is 7.93. The topological polar surface area (TPSA) is 88.2 Å². The fraction of sp³-hybridized carbons (Fsp3) is 0.158. The fourth-order valence-corrected chi connectivity index (χ4v) is 4.62. The van der Waals surface area contributed by atoms with Gasteiger partial charge >= 0.3 is 6.18 Å². The van der Waals surface area contributed by atoms with Gasteiger partial charge in [0.2, 0.25) is 0 Å². The van der Waals surface area contributed by atoms with Crippen molar-refractivity contribution in [3.05, 3.63) is 76.3 Å². The molecule has 0 radical (unpaired) electrons. The number of benzene rings is 2. The Morgan fingerprint density at radius 3 is 2.34 bits per heavy atom. The number of anilines is 1. The van der Waals surface area contributed by atoms with Crippen LogP contribution < -0.4 is 10.0 Å². The van der Waals surface area contributed by atoms with Crippen LogP contribution in [0.2, 0.25) is 0 Å². The lowest BCUT2D eigenvalue weighted by Crippen LogP contribution is -2.33. The van der Waals surface area contributed by atoms with Crippen LogP contribution in [0.15, 0.2) is 53.6 Å². The molecule has 0 saturated carbocycles. The van der Waals surface area contributed by atoms with Crippen LogP contribution in [0.4, 0.5) is 27.1 Å². The number of nitrogens with one attached hydrogen (secondary N) is 2. The molecule has 170 valence electrons. The molecule has 0 aliphatic heterocycles. The summed E-state index contributed by atoms with van der Waals surface area (Å²) >= 11 is 0.988. The van der Waals surface area contributed by atoms with E-state index < -0.39 is 40.3 Å². The Balaban J connectivity index is 1.66. The van der Waals surface area contributed by atoms with Gasteiger partial charge in [0.05, 0.1) is 4.90 Å². The Morgan fingerprint density at radius 2 is 1.72 bits per heavy atom. The molecular weight excluding hydrogens is 477 g/mol. The summed E-state index contributed by atoms with van der Waals surface area (Å²) in [6.07, 6.45) is -2.98. The first kappa shape index (κ1) is 23.6. The number of hydrogen-bond acceptors (Lipinski definition) is 5. The number of alkyl halides is 3. The molecule has 6 nitrogen and oxygen atoms in total. The highest BCUT2D eigenvalue weighted by Crippen LogP contribution is 2.24. The molecule has 0 spiro atoms. The molecule has 32 heavy (non-hydrogen) atoms. The minimum absolute atomic E-state index is 0.0228. The molecule has 0 fully saturated rings. The van der Waals surface area contributed by atoms with Crippen LogP contribution in [0.25, 0.3) is 0 Å². The summed E-state index contributed by atoms with van der Waals surface area (Å²) in [5.41, 5.74) is 0.331. The van der Waals surface area contributed by atoms with Crippen molar-refractivity contribution in [2.45, 2.75) is 17.5 Å². The zero-order valence-electron chi connectivity index (χ0n) is 15.9. The number of thiazole rings is 1. The zero-order chi connectivity index (χ0) is 23.5. The van der Waals surface area contributed by atoms with Crippen molar-refractivity contribution < 1.29 is 35.2 Å². The Labute approximate surface area is 183 Å². The van der Waals surface area contributed by atoms with E-state index in [1.165, 1.54) is 12.3 Å². The number of amides is 1. The predicted octanol–water partition coefficient (Wildman–Crippen LogP) is 4.11. The second-order valence-corrected chi connectivity index (χ2v) is 9.28. The van der Waals surface area contributed by atoms with Crippen LogP contribution in [-0.4, -0.2) is 32.0 Å². The molecule has 0 atom stereocenters. The quantitative estimate of drug-likeness (QED) is 0.487. The van der Waals surface area contributed by atoms with Crippen molar-refractivity contribution in [2.75, 3.05) is 11.3 Å². The third-order valence-corrected chi connectivity index (χ3v) is 6.41. The second-order valence-electron chi connectivity index (χ2n) is 6.48. The van der Waals surface area contributed by atoms with Gasteiger partial charge < -0.3 is 5.32 Å². The predicted molar refractivity (Wildman–Crippen MR) is 107 cm³/mol.